The summed E-state index contributed by atoms with van der Waals surface area (Å²) in [5.74, 6) is -1.85. The second-order valence-electron chi connectivity index (χ2n) is 5.23. The summed E-state index contributed by atoms with van der Waals surface area (Å²) < 4.78 is 23.2. The van der Waals surface area contributed by atoms with Gasteiger partial charge in [0.05, 0.1) is 28.5 Å². The van der Waals surface area contributed by atoms with Crippen LogP contribution in [0.1, 0.15) is 17.3 Å². The molecule has 0 heterocycles. The van der Waals surface area contributed by atoms with E-state index >= 15 is 0 Å². The number of nitrogen functional groups attached to an aromatic ring is 1. The molecule has 2 aromatic carbocycles. The van der Waals surface area contributed by atoms with Crippen LogP contribution in [-0.4, -0.2) is 25.1 Å². The number of esters is 1. The van der Waals surface area contributed by atoms with Crippen molar-refractivity contribution in [2.24, 2.45) is 0 Å². The fourth-order valence-electron chi connectivity index (χ4n) is 2.00. The molecule has 0 fully saturated rings. The first-order valence-electron chi connectivity index (χ1n) is 7.32. The Balaban J connectivity index is 2.11. The molecule has 0 spiro atoms. The minimum atomic E-state index is -1.16. The molecule has 0 bridgehead atoms. The smallest absolute Gasteiger partial charge is 0.342 e. The molecule has 6 nitrogen and oxygen atoms in total. The van der Waals surface area contributed by atoms with Crippen LogP contribution in [0.5, 0.6) is 5.75 Å². The molecule has 0 saturated heterocycles. The largest absolute Gasteiger partial charge is 0.496 e. The molecule has 1 amide bonds. The molecule has 2 rings (SSSR count). The highest BCUT2D eigenvalue weighted by atomic mass is 35.5. The zero-order valence-electron chi connectivity index (χ0n) is 13.8. The molecule has 0 radical (unpaired) electrons. The van der Waals surface area contributed by atoms with Gasteiger partial charge >= 0.3 is 5.97 Å². The molecule has 138 valence electrons. The zero-order valence-corrected chi connectivity index (χ0v) is 15.3. The number of hydrogen-bond acceptors (Lipinski definition) is 5. The lowest BCUT2D eigenvalue weighted by Gasteiger charge is -2.16. The number of halogens is 3. The SMILES string of the molecule is COc1cc(N)c(Cl)cc1C(=O)O[C@@H](C)C(=O)Nc1ccc(F)cc1Cl. The number of ether oxygens (including phenoxy) is 2. The van der Waals surface area contributed by atoms with E-state index in [-0.39, 0.29) is 32.7 Å². The van der Waals surface area contributed by atoms with E-state index in [0.29, 0.717) is 0 Å². The van der Waals surface area contributed by atoms with Crippen LogP contribution in [-0.2, 0) is 9.53 Å². The Morgan fingerprint density at radius 3 is 2.50 bits per heavy atom. The number of carbonyl (C=O) groups excluding carboxylic acids is 2. The van der Waals surface area contributed by atoms with Gasteiger partial charge in [0.2, 0.25) is 0 Å². The van der Waals surface area contributed by atoms with Crippen LogP contribution in [0.3, 0.4) is 0 Å². The van der Waals surface area contributed by atoms with E-state index in [2.05, 4.69) is 5.32 Å². The van der Waals surface area contributed by atoms with Gasteiger partial charge in [0, 0.05) is 6.07 Å². The third kappa shape index (κ3) is 4.56. The van der Waals surface area contributed by atoms with Crippen molar-refractivity contribution in [3.63, 3.8) is 0 Å². The highest BCUT2D eigenvalue weighted by Gasteiger charge is 2.23. The fourth-order valence-corrected chi connectivity index (χ4v) is 2.38. The summed E-state index contributed by atoms with van der Waals surface area (Å²) >= 11 is 11.8. The van der Waals surface area contributed by atoms with Crippen molar-refractivity contribution in [3.8, 4) is 5.75 Å². The minimum absolute atomic E-state index is 0.0175. The van der Waals surface area contributed by atoms with Crippen LogP contribution in [0, 0.1) is 5.82 Å². The molecule has 0 unspecified atom stereocenters. The number of amides is 1. The standard InChI is InChI=1S/C17H15Cl2FN2O4/c1-8(16(23)22-14-4-3-9(20)5-12(14)19)26-17(24)10-6-11(18)13(21)7-15(10)25-2/h3-8H,21H2,1-2H3,(H,22,23)/t8-/m0/s1. The van der Waals surface area contributed by atoms with Crippen LogP contribution >= 0.6 is 23.2 Å². The maximum absolute atomic E-state index is 13.0. The molecule has 3 N–H and O–H groups in total. The predicted molar refractivity (Wildman–Crippen MR) is 97.3 cm³/mol. The van der Waals surface area contributed by atoms with Crippen molar-refractivity contribution in [1.82, 2.24) is 0 Å². The number of hydrogen-bond donors (Lipinski definition) is 2. The summed E-state index contributed by atoms with van der Waals surface area (Å²) in [6.45, 7) is 1.37. The molecule has 0 saturated carbocycles. The Labute approximate surface area is 159 Å². The van der Waals surface area contributed by atoms with Gasteiger partial charge in [-0.3, -0.25) is 4.79 Å². The number of methoxy groups -OCH3 is 1. The van der Waals surface area contributed by atoms with Crippen LogP contribution in [0.2, 0.25) is 10.0 Å². The van der Waals surface area contributed by atoms with E-state index in [1.54, 1.807) is 0 Å². The summed E-state index contributed by atoms with van der Waals surface area (Å²) in [7, 11) is 1.35. The average molecular weight is 401 g/mol. The normalized spacial score (nSPS) is 11.6. The van der Waals surface area contributed by atoms with E-state index in [1.165, 1.54) is 32.2 Å². The molecule has 0 aliphatic heterocycles. The Kier molecular flexibility index (Phi) is 6.28. The number of nitrogens with one attached hydrogen (secondary N) is 1. The summed E-state index contributed by atoms with van der Waals surface area (Å²) in [6.07, 6.45) is -1.16. The lowest BCUT2D eigenvalue weighted by atomic mass is 10.2. The van der Waals surface area contributed by atoms with Gasteiger partial charge < -0.3 is 20.5 Å². The van der Waals surface area contributed by atoms with Crippen molar-refractivity contribution in [1.29, 1.82) is 0 Å². The quantitative estimate of drug-likeness (QED) is 0.586. The topological polar surface area (TPSA) is 90.7 Å². The number of benzene rings is 2. The number of carbonyl (C=O) groups is 2. The molecule has 1 atom stereocenters. The zero-order chi connectivity index (χ0) is 19.4. The first-order chi connectivity index (χ1) is 12.2. The lowest BCUT2D eigenvalue weighted by Crippen LogP contribution is -2.30. The van der Waals surface area contributed by atoms with Crippen LogP contribution in [0.25, 0.3) is 0 Å². The Morgan fingerprint density at radius 2 is 1.88 bits per heavy atom. The van der Waals surface area contributed by atoms with Gasteiger partial charge in [-0.15, -0.1) is 0 Å². The van der Waals surface area contributed by atoms with Gasteiger partial charge in [-0.1, -0.05) is 23.2 Å². The number of rotatable bonds is 5. The third-order valence-corrected chi connectivity index (χ3v) is 4.02. The number of anilines is 2. The third-order valence-electron chi connectivity index (χ3n) is 3.38. The predicted octanol–water partition coefficient (Wildman–Crippen LogP) is 3.91. The number of nitrogens with two attached hydrogens (primary N) is 1. The van der Waals surface area contributed by atoms with Crippen molar-refractivity contribution in [2.75, 3.05) is 18.2 Å². The first kappa shape index (κ1) is 19.8. The van der Waals surface area contributed by atoms with Crippen molar-refractivity contribution >= 4 is 46.5 Å². The van der Waals surface area contributed by atoms with Crippen molar-refractivity contribution < 1.29 is 23.5 Å². The monoisotopic (exact) mass is 400 g/mol. The summed E-state index contributed by atoms with van der Waals surface area (Å²) in [6, 6.07) is 6.16. The van der Waals surface area contributed by atoms with E-state index in [9.17, 15) is 14.0 Å². The molecule has 0 aromatic heterocycles. The summed E-state index contributed by atoms with van der Waals surface area (Å²) in [5.41, 5.74) is 6.10. The molecular weight excluding hydrogens is 386 g/mol. The molecular formula is C17H15Cl2FN2O4. The van der Waals surface area contributed by atoms with E-state index < -0.39 is 23.8 Å². The van der Waals surface area contributed by atoms with Gasteiger partial charge in [0.25, 0.3) is 5.91 Å². The van der Waals surface area contributed by atoms with Crippen molar-refractivity contribution in [3.05, 3.63) is 51.8 Å². The Hall–Kier alpha value is -2.51. The molecule has 0 aliphatic rings. The molecule has 0 aliphatic carbocycles. The summed E-state index contributed by atoms with van der Waals surface area (Å²) in [5, 5.41) is 2.61. The maximum atomic E-state index is 13.0. The Morgan fingerprint density at radius 1 is 1.19 bits per heavy atom. The van der Waals surface area contributed by atoms with Gasteiger partial charge in [-0.05, 0) is 31.2 Å². The summed E-state index contributed by atoms with van der Waals surface area (Å²) in [4.78, 5) is 24.5. The van der Waals surface area contributed by atoms with Crippen LogP contribution < -0.4 is 15.8 Å². The van der Waals surface area contributed by atoms with Crippen LogP contribution in [0.15, 0.2) is 30.3 Å². The van der Waals surface area contributed by atoms with Gasteiger partial charge in [-0.25, -0.2) is 9.18 Å². The van der Waals surface area contributed by atoms with Gasteiger partial charge in [0.1, 0.15) is 17.1 Å². The average Bonchev–Trinajstić information content (AvgIpc) is 2.59. The van der Waals surface area contributed by atoms with E-state index in [1.807, 2.05) is 0 Å². The first-order valence-corrected chi connectivity index (χ1v) is 8.08. The molecule has 26 heavy (non-hydrogen) atoms. The molecule has 2 aromatic rings. The highest BCUT2D eigenvalue weighted by molar-refractivity contribution is 6.34. The van der Waals surface area contributed by atoms with Gasteiger partial charge in [-0.2, -0.15) is 0 Å². The second-order valence-corrected chi connectivity index (χ2v) is 6.05. The Bertz CT molecular complexity index is 861. The van der Waals surface area contributed by atoms with E-state index in [4.69, 9.17) is 38.4 Å². The van der Waals surface area contributed by atoms with Gasteiger partial charge in [0.15, 0.2) is 6.10 Å². The lowest BCUT2D eigenvalue weighted by molar-refractivity contribution is -0.123. The minimum Gasteiger partial charge on any atom is -0.496 e. The second kappa shape index (κ2) is 8.25. The van der Waals surface area contributed by atoms with E-state index in [0.717, 1.165) is 12.1 Å². The van der Waals surface area contributed by atoms with Crippen LogP contribution in [0.4, 0.5) is 15.8 Å². The maximum Gasteiger partial charge on any atom is 0.342 e. The van der Waals surface area contributed by atoms with Crippen molar-refractivity contribution in [2.45, 2.75) is 13.0 Å². The highest BCUT2D eigenvalue weighted by Crippen LogP contribution is 2.29. The molecule has 9 heteroatoms. The fraction of sp³-hybridized carbons (Fsp3) is 0.176.